The smallest absolute Gasteiger partial charge is 0.255 e. The topological polar surface area (TPSA) is 56.3 Å². The summed E-state index contributed by atoms with van der Waals surface area (Å²) < 4.78 is 0. The van der Waals surface area contributed by atoms with Crippen LogP contribution >= 0.6 is 0 Å². The average molecular weight is 246 g/mol. The molecule has 1 aromatic heterocycles. The lowest BCUT2D eigenvalue weighted by Crippen LogP contribution is -2.29. The number of aryl methyl sites for hydroxylation is 2. The van der Waals surface area contributed by atoms with Gasteiger partial charge in [0.05, 0.1) is 17.7 Å². The molecule has 0 bridgehead atoms. The van der Waals surface area contributed by atoms with Gasteiger partial charge in [0.15, 0.2) is 0 Å². The molecular weight excluding hydrogens is 228 g/mol. The van der Waals surface area contributed by atoms with E-state index in [4.69, 9.17) is 5.11 Å². The van der Waals surface area contributed by atoms with Crippen molar-refractivity contribution in [2.75, 3.05) is 20.2 Å². The second-order valence-corrected chi connectivity index (χ2v) is 4.55. The monoisotopic (exact) mass is 246 g/mol. The predicted octanol–water partition coefficient (Wildman–Crippen LogP) is 1.85. The minimum atomic E-state index is -0.0732. The van der Waals surface area contributed by atoms with Crippen LogP contribution in [0.1, 0.15) is 21.6 Å². The number of fused-ring (bicyclic) bond motifs is 1. The summed E-state index contributed by atoms with van der Waals surface area (Å²) >= 11 is 0. The molecule has 2 N–H and O–H groups in total. The minimum absolute atomic E-state index is 0.0268. The summed E-state index contributed by atoms with van der Waals surface area (Å²) in [6.07, 6.45) is 0. The average Bonchev–Trinajstić information content (AvgIpc) is 2.65. The Morgan fingerprint density at radius 2 is 2.11 bits per heavy atom. The SMILES string of the molecule is Cc1[nH]c2c(C(=O)N(C)CCO)cccc2c1C. The lowest BCUT2D eigenvalue weighted by molar-refractivity contribution is 0.0768. The normalized spacial score (nSPS) is 10.9. The first-order valence-corrected chi connectivity index (χ1v) is 6.00. The van der Waals surface area contributed by atoms with Crippen LogP contribution < -0.4 is 0 Å². The highest BCUT2D eigenvalue weighted by molar-refractivity contribution is 6.06. The molecule has 0 saturated heterocycles. The molecule has 0 aliphatic carbocycles. The first kappa shape index (κ1) is 12.6. The van der Waals surface area contributed by atoms with Crippen LogP contribution in [0, 0.1) is 13.8 Å². The molecule has 2 rings (SSSR count). The van der Waals surface area contributed by atoms with Crippen LogP contribution in [-0.2, 0) is 0 Å². The fourth-order valence-corrected chi connectivity index (χ4v) is 2.12. The number of likely N-dealkylation sites (N-methyl/N-ethyl adjacent to an activating group) is 1. The zero-order chi connectivity index (χ0) is 13.3. The highest BCUT2D eigenvalue weighted by Gasteiger charge is 2.16. The second kappa shape index (κ2) is 4.82. The molecule has 0 aliphatic heterocycles. The molecule has 0 atom stereocenters. The van der Waals surface area contributed by atoms with E-state index in [-0.39, 0.29) is 12.5 Å². The number of aliphatic hydroxyl groups excluding tert-OH is 1. The van der Waals surface area contributed by atoms with E-state index in [9.17, 15) is 4.79 Å². The summed E-state index contributed by atoms with van der Waals surface area (Å²) in [5, 5.41) is 9.97. The zero-order valence-electron chi connectivity index (χ0n) is 10.9. The maximum absolute atomic E-state index is 12.3. The van der Waals surface area contributed by atoms with Gasteiger partial charge < -0.3 is 15.0 Å². The van der Waals surface area contributed by atoms with Crippen LogP contribution in [0.15, 0.2) is 18.2 Å². The van der Waals surface area contributed by atoms with E-state index in [0.717, 1.165) is 16.6 Å². The van der Waals surface area contributed by atoms with Gasteiger partial charge in [-0.25, -0.2) is 0 Å². The van der Waals surface area contributed by atoms with Gasteiger partial charge in [-0.05, 0) is 25.5 Å². The van der Waals surface area contributed by atoms with Gasteiger partial charge in [0.2, 0.25) is 0 Å². The van der Waals surface area contributed by atoms with Crippen LogP contribution in [0.4, 0.5) is 0 Å². The van der Waals surface area contributed by atoms with Gasteiger partial charge in [-0.1, -0.05) is 12.1 Å². The maximum Gasteiger partial charge on any atom is 0.255 e. The number of hydrogen-bond acceptors (Lipinski definition) is 2. The predicted molar refractivity (Wildman–Crippen MR) is 71.8 cm³/mol. The highest BCUT2D eigenvalue weighted by atomic mass is 16.3. The van der Waals surface area contributed by atoms with E-state index in [1.165, 1.54) is 10.5 Å². The van der Waals surface area contributed by atoms with Crippen LogP contribution in [-0.4, -0.2) is 41.1 Å². The van der Waals surface area contributed by atoms with Crippen molar-refractivity contribution in [3.8, 4) is 0 Å². The van der Waals surface area contributed by atoms with Gasteiger partial charge >= 0.3 is 0 Å². The molecule has 0 radical (unpaired) electrons. The number of rotatable bonds is 3. The Hall–Kier alpha value is -1.81. The lowest BCUT2D eigenvalue weighted by atomic mass is 10.1. The molecule has 1 aromatic carbocycles. The first-order valence-electron chi connectivity index (χ1n) is 6.00. The summed E-state index contributed by atoms with van der Waals surface area (Å²) in [6.45, 7) is 4.36. The van der Waals surface area contributed by atoms with Gasteiger partial charge in [-0.2, -0.15) is 0 Å². The zero-order valence-corrected chi connectivity index (χ0v) is 10.9. The summed E-state index contributed by atoms with van der Waals surface area (Å²) in [5.74, 6) is -0.0732. The van der Waals surface area contributed by atoms with E-state index in [1.54, 1.807) is 7.05 Å². The molecule has 4 heteroatoms. The molecule has 1 heterocycles. The Morgan fingerprint density at radius 3 is 2.78 bits per heavy atom. The van der Waals surface area contributed by atoms with Gasteiger partial charge in [-0.15, -0.1) is 0 Å². The van der Waals surface area contributed by atoms with E-state index >= 15 is 0 Å². The number of H-pyrrole nitrogens is 1. The fourth-order valence-electron chi connectivity index (χ4n) is 2.12. The van der Waals surface area contributed by atoms with Crippen molar-refractivity contribution in [2.45, 2.75) is 13.8 Å². The van der Waals surface area contributed by atoms with Crippen LogP contribution in [0.2, 0.25) is 0 Å². The number of benzene rings is 1. The van der Waals surface area contributed by atoms with Gasteiger partial charge in [-0.3, -0.25) is 4.79 Å². The number of aliphatic hydroxyl groups is 1. The van der Waals surface area contributed by atoms with Crippen molar-refractivity contribution < 1.29 is 9.90 Å². The molecule has 0 aliphatic rings. The summed E-state index contributed by atoms with van der Waals surface area (Å²) in [6, 6.07) is 5.72. The van der Waals surface area contributed by atoms with E-state index < -0.39 is 0 Å². The van der Waals surface area contributed by atoms with Crippen molar-refractivity contribution in [1.29, 1.82) is 0 Å². The third-order valence-electron chi connectivity index (χ3n) is 3.36. The van der Waals surface area contributed by atoms with Crippen molar-refractivity contribution in [3.63, 3.8) is 0 Å². The first-order chi connectivity index (χ1) is 8.56. The molecular formula is C14H18N2O2. The Balaban J connectivity index is 2.51. The largest absolute Gasteiger partial charge is 0.395 e. The third-order valence-corrected chi connectivity index (χ3v) is 3.36. The second-order valence-electron chi connectivity index (χ2n) is 4.55. The third kappa shape index (κ3) is 1.99. The van der Waals surface area contributed by atoms with E-state index in [0.29, 0.717) is 12.1 Å². The molecule has 0 fully saturated rings. The standard InChI is InChI=1S/C14H18N2O2/c1-9-10(2)15-13-11(9)5-4-6-12(13)14(18)16(3)7-8-17/h4-6,15,17H,7-8H2,1-3H3. The van der Waals surface area contributed by atoms with Crippen LogP contribution in [0.25, 0.3) is 10.9 Å². The van der Waals surface area contributed by atoms with Gasteiger partial charge in [0, 0.05) is 24.7 Å². The number of aromatic nitrogens is 1. The Labute approximate surface area is 106 Å². The minimum Gasteiger partial charge on any atom is -0.395 e. The van der Waals surface area contributed by atoms with Crippen molar-refractivity contribution in [1.82, 2.24) is 9.88 Å². The molecule has 4 nitrogen and oxygen atoms in total. The quantitative estimate of drug-likeness (QED) is 0.868. The van der Waals surface area contributed by atoms with Crippen molar-refractivity contribution in [2.24, 2.45) is 0 Å². The summed E-state index contributed by atoms with van der Waals surface area (Å²) in [5.41, 5.74) is 3.78. The number of para-hydroxylation sites is 1. The number of nitrogens with one attached hydrogen (secondary N) is 1. The summed E-state index contributed by atoms with van der Waals surface area (Å²) in [7, 11) is 1.69. The summed E-state index contributed by atoms with van der Waals surface area (Å²) in [4.78, 5) is 17.1. The van der Waals surface area contributed by atoms with Gasteiger partial charge in [0.1, 0.15) is 0 Å². The van der Waals surface area contributed by atoms with E-state index in [2.05, 4.69) is 4.98 Å². The number of aromatic amines is 1. The fraction of sp³-hybridized carbons (Fsp3) is 0.357. The number of carbonyl (C=O) groups excluding carboxylic acids is 1. The molecule has 0 spiro atoms. The Kier molecular flexibility index (Phi) is 3.39. The number of nitrogens with zero attached hydrogens (tertiary/aromatic N) is 1. The van der Waals surface area contributed by atoms with Crippen LogP contribution in [0.5, 0.6) is 0 Å². The Bertz CT molecular complexity index is 587. The van der Waals surface area contributed by atoms with Crippen LogP contribution in [0.3, 0.4) is 0 Å². The molecule has 1 amide bonds. The molecule has 0 saturated carbocycles. The van der Waals surface area contributed by atoms with Crippen molar-refractivity contribution in [3.05, 3.63) is 35.0 Å². The van der Waals surface area contributed by atoms with Gasteiger partial charge in [0.25, 0.3) is 5.91 Å². The molecule has 2 aromatic rings. The highest BCUT2D eigenvalue weighted by Crippen LogP contribution is 2.24. The molecule has 18 heavy (non-hydrogen) atoms. The maximum atomic E-state index is 12.3. The number of hydrogen-bond donors (Lipinski definition) is 2. The Morgan fingerprint density at radius 1 is 1.39 bits per heavy atom. The number of carbonyl (C=O) groups is 1. The molecule has 0 unspecified atom stereocenters. The van der Waals surface area contributed by atoms with E-state index in [1.807, 2.05) is 32.0 Å². The molecule has 96 valence electrons. The van der Waals surface area contributed by atoms with Crippen molar-refractivity contribution >= 4 is 16.8 Å². The lowest BCUT2D eigenvalue weighted by Gasteiger charge is -2.16. The number of amides is 1.